The molecule has 0 bridgehead atoms. The van der Waals surface area contributed by atoms with Crippen LogP contribution in [-0.2, 0) is 32.5 Å². The van der Waals surface area contributed by atoms with Gasteiger partial charge in [-0.1, -0.05) is 165 Å². The van der Waals surface area contributed by atoms with E-state index in [1.54, 1.807) is 0 Å². The molecule has 0 nitrogen and oxygen atoms in total. The number of hydrogen-bond donors (Lipinski definition) is 0. The third-order valence-corrected chi connectivity index (χ3v) is 11.2. The van der Waals surface area contributed by atoms with Crippen LogP contribution in [-0.4, -0.2) is 10.6 Å². The molecule has 0 aromatic heterocycles. The molecule has 0 unspecified atom stereocenters. The van der Waals surface area contributed by atoms with Crippen LogP contribution < -0.4 is 10.6 Å². The minimum absolute atomic E-state index is 0.0666. The van der Waals surface area contributed by atoms with E-state index in [1.165, 1.54) is 71.0 Å². The Balaban J connectivity index is 3.00. The largest absolute Gasteiger partial charge is 0.0639 e. The minimum atomic E-state index is 0.0666. The second kappa shape index (κ2) is 11.9. The standard InChI is InChI=1S/C40H64P2/c1-25(41-33-29(37(9,10)11)21-27(35(3,4)5)22-30(33)38(12,13)14)26(2)42-34-31(39(15,16)17)23-28(36(6,7)8)24-32(34)40(18,19)20/h21-24H,1-20H3. The lowest BCUT2D eigenvalue weighted by Gasteiger charge is -2.33. The Kier molecular flexibility index (Phi) is 10.5. The van der Waals surface area contributed by atoms with E-state index in [0.717, 1.165) is 0 Å². The average Bonchev–Trinajstić information content (AvgIpc) is 2.74. The quantitative estimate of drug-likeness (QED) is 0.305. The molecule has 0 spiro atoms. The minimum Gasteiger partial charge on any atom is -0.0639 e. The Morgan fingerprint density at radius 1 is 0.357 bits per heavy atom. The summed E-state index contributed by atoms with van der Waals surface area (Å²) in [6, 6.07) is 10.0. The summed E-state index contributed by atoms with van der Waals surface area (Å²) in [5.41, 5.74) is 9.34. The molecule has 42 heavy (non-hydrogen) atoms. The molecule has 0 radical (unpaired) electrons. The molecule has 0 aliphatic heterocycles. The normalized spacial score (nSPS) is 15.0. The van der Waals surface area contributed by atoms with Gasteiger partial charge in [-0.3, -0.25) is 0 Å². The molecule has 234 valence electrons. The van der Waals surface area contributed by atoms with E-state index >= 15 is 0 Å². The highest BCUT2D eigenvalue weighted by Gasteiger charge is 2.30. The van der Waals surface area contributed by atoms with Crippen molar-refractivity contribution in [3.8, 4) is 0 Å². The molecule has 0 atom stereocenters. The molecule has 0 N–H and O–H groups in total. The summed E-state index contributed by atoms with van der Waals surface area (Å²) < 4.78 is 0. The Morgan fingerprint density at radius 3 is 0.690 bits per heavy atom. The summed E-state index contributed by atoms with van der Waals surface area (Å²) in [5, 5.41) is 5.95. The van der Waals surface area contributed by atoms with Gasteiger partial charge < -0.3 is 0 Å². The van der Waals surface area contributed by atoms with Crippen LogP contribution in [0.2, 0.25) is 0 Å². The zero-order valence-corrected chi connectivity index (χ0v) is 33.0. The molecule has 2 rings (SSSR count). The Bertz CT molecular complexity index is 1180. The lowest BCUT2D eigenvalue weighted by molar-refractivity contribution is 0.553. The zero-order chi connectivity index (χ0) is 33.0. The van der Waals surface area contributed by atoms with Gasteiger partial charge in [-0.2, -0.15) is 0 Å². The highest BCUT2D eigenvalue weighted by molar-refractivity contribution is 7.60. The maximum atomic E-state index is 2.51. The van der Waals surface area contributed by atoms with Crippen LogP contribution in [0.15, 0.2) is 24.3 Å². The fraction of sp³-hybridized carbons (Fsp3) is 0.650. The predicted octanol–water partition coefficient (Wildman–Crippen LogP) is 11.7. The summed E-state index contributed by atoms with van der Waals surface area (Å²) in [4.78, 5) is 0. The van der Waals surface area contributed by atoms with Crippen molar-refractivity contribution in [3.63, 3.8) is 0 Å². The van der Waals surface area contributed by atoms with Crippen molar-refractivity contribution < 1.29 is 0 Å². The molecule has 2 aromatic rings. The zero-order valence-electron chi connectivity index (χ0n) is 31.2. The van der Waals surface area contributed by atoms with Gasteiger partial charge in [0, 0.05) is 10.6 Å². The Labute approximate surface area is 265 Å². The first kappa shape index (κ1) is 37.0. The van der Waals surface area contributed by atoms with Crippen molar-refractivity contribution >= 4 is 37.6 Å². The highest BCUT2D eigenvalue weighted by Crippen LogP contribution is 2.37. The highest BCUT2D eigenvalue weighted by atomic mass is 31.1. The van der Waals surface area contributed by atoms with Crippen LogP contribution in [0.3, 0.4) is 0 Å². The monoisotopic (exact) mass is 606 g/mol. The van der Waals surface area contributed by atoms with Gasteiger partial charge in [0.2, 0.25) is 0 Å². The molecule has 0 saturated heterocycles. The van der Waals surface area contributed by atoms with Crippen molar-refractivity contribution in [2.45, 2.75) is 171 Å². The first-order valence-corrected chi connectivity index (χ1v) is 17.7. The summed E-state index contributed by atoms with van der Waals surface area (Å²) in [6.45, 7) is 47.4. The van der Waals surface area contributed by atoms with Crippen LogP contribution in [0.5, 0.6) is 0 Å². The topological polar surface area (TPSA) is 0 Å². The Morgan fingerprint density at radius 2 is 0.548 bits per heavy atom. The third-order valence-electron chi connectivity index (χ3n) is 8.27. The number of benzene rings is 2. The van der Waals surface area contributed by atoms with E-state index in [0.29, 0.717) is 0 Å². The van der Waals surface area contributed by atoms with E-state index in [2.05, 4.69) is 163 Å². The molecule has 0 saturated carbocycles. The van der Waals surface area contributed by atoms with Gasteiger partial charge in [0.1, 0.15) is 0 Å². The molecular formula is C40H64P2. The van der Waals surface area contributed by atoms with Crippen LogP contribution >= 0.6 is 16.4 Å². The molecular weight excluding hydrogens is 542 g/mol. The SMILES string of the molecule is CC(=Pc1c(C(C)(C)C)cc(C(C)(C)C)cc1C(C)(C)C)C(C)=Pc1c(C(C)(C)C)cc(C(C)(C)C)cc1C(C)(C)C. The number of rotatable bonds is 3. The van der Waals surface area contributed by atoms with Gasteiger partial charge in [0.05, 0.1) is 0 Å². The first-order chi connectivity index (χ1) is 18.5. The fourth-order valence-electron chi connectivity index (χ4n) is 5.16. The summed E-state index contributed by atoms with van der Waals surface area (Å²) >= 11 is 0. The molecule has 0 aliphatic carbocycles. The molecule has 0 fully saturated rings. The van der Waals surface area contributed by atoms with Gasteiger partial charge in [-0.25, -0.2) is 0 Å². The van der Waals surface area contributed by atoms with E-state index in [1.807, 2.05) is 0 Å². The van der Waals surface area contributed by atoms with Gasteiger partial charge in [-0.05, 0) is 90.3 Å². The first-order valence-electron chi connectivity index (χ1n) is 16.0. The molecule has 2 heteroatoms. The van der Waals surface area contributed by atoms with Crippen molar-refractivity contribution in [1.82, 2.24) is 0 Å². The average molecular weight is 607 g/mol. The maximum absolute atomic E-state index is 2.51. The summed E-state index contributed by atoms with van der Waals surface area (Å²) in [6.07, 6.45) is 0. The van der Waals surface area contributed by atoms with Crippen molar-refractivity contribution in [1.29, 1.82) is 0 Å². The van der Waals surface area contributed by atoms with Crippen molar-refractivity contribution in [3.05, 3.63) is 57.6 Å². The van der Waals surface area contributed by atoms with E-state index in [4.69, 9.17) is 0 Å². The van der Waals surface area contributed by atoms with Crippen molar-refractivity contribution in [2.24, 2.45) is 0 Å². The van der Waals surface area contributed by atoms with Crippen LogP contribution in [0.25, 0.3) is 0 Å². The van der Waals surface area contributed by atoms with Gasteiger partial charge in [0.15, 0.2) is 0 Å². The fourth-order valence-corrected chi connectivity index (χ4v) is 8.54. The van der Waals surface area contributed by atoms with E-state index < -0.39 is 0 Å². The second-order valence-corrected chi connectivity index (χ2v) is 21.4. The summed E-state index contributed by atoms with van der Waals surface area (Å²) in [5.74, 6) is 0. The van der Waals surface area contributed by atoms with Gasteiger partial charge in [-0.15, -0.1) is 0 Å². The lowest BCUT2D eigenvalue weighted by Crippen LogP contribution is -2.31. The van der Waals surface area contributed by atoms with E-state index in [9.17, 15) is 0 Å². The predicted molar refractivity (Wildman–Crippen MR) is 200 cm³/mol. The molecule has 2 aromatic carbocycles. The lowest BCUT2D eigenvalue weighted by atomic mass is 9.75. The second-order valence-electron chi connectivity index (χ2n) is 18.7. The smallest absolute Gasteiger partial charge is 0.00954 e. The molecule has 0 heterocycles. The number of hydrogen-bond acceptors (Lipinski definition) is 0. The molecule has 0 aliphatic rings. The van der Waals surface area contributed by atoms with Crippen molar-refractivity contribution in [2.75, 3.05) is 0 Å². The van der Waals surface area contributed by atoms with Crippen LogP contribution in [0.4, 0.5) is 0 Å². The molecule has 0 amide bonds. The van der Waals surface area contributed by atoms with E-state index in [-0.39, 0.29) is 32.5 Å². The maximum Gasteiger partial charge on any atom is 0.00954 e. The van der Waals surface area contributed by atoms with Crippen LogP contribution in [0, 0.1) is 0 Å². The van der Waals surface area contributed by atoms with Gasteiger partial charge >= 0.3 is 0 Å². The third kappa shape index (κ3) is 8.92. The van der Waals surface area contributed by atoms with Gasteiger partial charge in [0.25, 0.3) is 0 Å². The Hall–Kier alpha value is -1.22. The van der Waals surface area contributed by atoms with Crippen LogP contribution in [0.1, 0.15) is 172 Å². The summed E-state index contributed by atoms with van der Waals surface area (Å²) in [7, 11) is 2.67.